The maximum atomic E-state index is 13.4. The van der Waals surface area contributed by atoms with Crippen LogP contribution in [0.25, 0.3) is 0 Å². The first-order chi connectivity index (χ1) is 46.4. The molecule has 0 spiro atoms. The summed E-state index contributed by atoms with van der Waals surface area (Å²) in [6.07, 6.45) is 2.96. The Kier molecular flexibility index (Phi) is 24.5. The third-order valence-electron chi connectivity index (χ3n) is 14.4. The zero-order chi connectivity index (χ0) is 73.5. The molecule has 3 aliphatic heterocycles. The fourth-order valence-electron chi connectivity index (χ4n) is 10.6. The first-order valence-corrected chi connectivity index (χ1v) is 36.8. The zero-order valence-electron chi connectivity index (χ0n) is 55.0. The lowest BCUT2D eigenvalue weighted by Gasteiger charge is -2.26. The van der Waals surface area contributed by atoms with Gasteiger partial charge in [0, 0.05) is 39.5 Å². The Balaban J connectivity index is 0.000000209. The number of nitrogens with zero attached hydrogens (tertiary/aromatic N) is 6. The second-order valence-electron chi connectivity index (χ2n) is 21.9. The first-order valence-electron chi connectivity index (χ1n) is 29.4. The number of nitrogens with one attached hydrogen (secondary N) is 3. The average Bonchev–Trinajstić information content (AvgIpc) is 1.61. The monoisotopic (exact) mass is 1490 g/mol. The summed E-state index contributed by atoms with van der Waals surface area (Å²) in [5.74, 6) is -6.74. The van der Waals surface area contributed by atoms with Gasteiger partial charge in [-0.1, -0.05) is 34.8 Å². The van der Waals surface area contributed by atoms with Crippen LogP contribution in [0.5, 0.6) is 34.9 Å². The standard InChI is InChI=1S/3C21H22ClN3O7S/c3*1-5-32-19-16(31-3)9-8-13(24-19)15(10-33(4,29)30)25-20(27)17-12(22)6-7-14(23-11(2)26)18(17)21(25)28/h3*6-9,15H,5,10H2,1-4H3,(H,23,26)/t2*15-;/m10./s1. The topological polar surface area (TPSA) is 396 Å². The number of amides is 9. The number of aromatic nitrogens is 3. The van der Waals surface area contributed by atoms with E-state index in [2.05, 4.69) is 30.9 Å². The Bertz CT molecular complexity index is 4200. The maximum absolute atomic E-state index is 13.4. The third-order valence-corrected chi connectivity index (χ3v) is 18.1. The highest BCUT2D eigenvalue weighted by Crippen LogP contribution is 2.44. The highest BCUT2D eigenvalue weighted by Gasteiger charge is 2.49. The summed E-state index contributed by atoms with van der Waals surface area (Å²) in [5.41, 5.74) is -0.0843. The number of hydrogen-bond donors (Lipinski definition) is 3. The van der Waals surface area contributed by atoms with E-state index >= 15 is 0 Å². The number of carbonyl (C=O) groups is 9. The SMILES string of the molecule is CCOc1nc(C(CS(C)(=O)=O)N2C(=O)c3c(Cl)ccc(NC(C)=O)c3C2=O)ccc1OC.CCOc1nc([C@@H](CS(C)(=O)=O)N2C(=O)c3c(Cl)ccc(NC(C)=O)c3C2=O)ccc1OC.CCOc1nc([C@H](CS(C)(=O)=O)N2C(=O)c3c(Cl)ccc(NC(C)=O)c3C2=O)ccc1OC. The van der Waals surface area contributed by atoms with Gasteiger partial charge in [0.2, 0.25) is 17.7 Å². The van der Waals surface area contributed by atoms with E-state index in [9.17, 15) is 68.4 Å². The van der Waals surface area contributed by atoms with Crippen molar-refractivity contribution in [2.24, 2.45) is 0 Å². The molecular formula is C63H66Cl3N9O21S3. The average molecular weight is 1490 g/mol. The number of imide groups is 3. The van der Waals surface area contributed by atoms with E-state index in [0.29, 0.717) is 17.2 Å². The van der Waals surface area contributed by atoms with Gasteiger partial charge in [-0.2, -0.15) is 0 Å². The normalized spacial score (nSPS) is 14.2. The van der Waals surface area contributed by atoms with Gasteiger partial charge in [0.1, 0.15) is 29.5 Å². The molecule has 3 aromatic carbocycles. The van der Waals surface area contributed by atoms with Crippen LogP contribution in [0.3, 0.4) is 0 Å². The van der Waals surface area contributed by atoms with Crippen LogP contribution in [0.1, 0.15) is 139 Å². The number of methoxy groups -OCH3 is 3. The van der Waals surface area contributed by atoms with Crippen LogP contribution >= 0.6 is 34.8 Å². The molecule has 30 nitrogen and oxygen atoms in total. The zero-order valence-corrected chi connectivity index (χ0v) is 59.7. The fraction of sp³-hybridized carbons (Fsp3) is 0.333. The summed E-state index contributed by atoms with van der Waals surface area (Å²) in [6.45, 7) is 9.73. The Morgan fingerprint density at radius 2 is 0.616 bits per heavy atom. The molecule has 6 heterocycles. The molecular weight excluding hydrogens is 1420 g/mol. The number of pyridine rings is 3. The van der Waals surface area contributed by atoms with E-state index in [0.717, 1.165) is 33.5 Å². The van der Waals surface area contributed by atoms with Crippen LogP contribution in [-0.4, -0.2) is 185 Å². The lowest BCUT2D eigenvalue weighted by Crippen LogP contribution is -2.38. The van der Waals surface area contributed by atoms with Crippen LogP contribution < -0.4 is 44.4 Å². The predicted molar refractivity (Wildman–Crippen MR) is 362 cm³/mol. The molecule has 528 valence electrons. The number of ether oxygens (including phenoxy) is 6. The molecule has 0 aliphatic carbocycles. The van der Waals surface area contributed by atoms with Gasteiger partial charge in [-0.15, -0.1) is 0 Å². The number of anilines is 3. The fourth-order valence-corrected chi connectivity index (χ4v) is 14.0. The second kappa shape index (κ2) is 31.5. The number of sulfone groups is 3. The quantitative estimate of drug-likeness (QED) is 0.0495. The Labute approximate surface area is 583 Å². The summed E-state index contributed by atoms with van der Waals surface area (Å²) in [6, 6.07) is 13.4. The number of carbonyl (C=O) groups excluding carboxylic acids is 9. The van der Waals surface area contributed by atoms with Gasteiger partial charge in [0.15, 0.2) is 17.2 Å². The molecule has 36 heteroatoms. The van der Waals surface area contributed by atoms with Gasteiger partial charge in [-0.05, 0) is 93.6 Å². The number of fused-ring (bicyclic) bond motifs is 3. The lowest BCUT2D eigenvalue weighted by atomic mass is 10.1. The van der Waals surface area contributed by atoms with E-state index in [4.69, 9.17) is 63.2 Å². The molecule has 3 N–H and O–H groups in total. The molecule has 9 rings (SSSR count). The van der Waals surface area contributed by atoms with Gasteiger partial charge < -0.3 is 44.4 Å². The van der Waals surface area contributed by atoms with E-state index in [-0.39, 0.29) is 120 Å². The summed E-state index contributed by atoms with van der Waals surface area (Å²) in [4.78, 5) is 130. The van der Waals surface area contributed by atoms with Crippen LogP contribution in [0.2, 0.25) is 15.1 Å². The van der Waals surface area contributed by atoms with Crippen molar-refractivity contribution in [1.82, 2.24) is 29.7 Å². The molecule has 6 aromatic rings. The summed E-state index contributed by atoms with van der Waals surface area (Å²) in [5, 5.41) is 7.50. The first kappa shape index (κ1) is 76.8. The molecule has 0 fully saturated rings. The van der Waals surface area contributed by atoms with Crippen LogP contribution in [0, 0.1) is 0 Å². The van der Waals surface area contributed by atoms with Gasteiger partial charge in [-0.3, -0.25) is 57.9 Å². The number of hydrogen-bond acceptors (Lipinski definition) is 24. The smallest absolute Gasteiger partial charge is 0.264 e. The van der Waals surface area contributed by atoms with E-state index in [1.807, 2.05) is 0 Å². The van der Waals surface area contributed by atoms with Gasteiger partial charge >= 0.3 is 0 Å². The third kappa shape index (κ3) is 17.5. The predicted octanol–water partition coefficient (Wildman–Crippen LogP) is 7.45. The molecule has 0 bridgehead atoms. The van der Waals surface area contributed by atoms with E-state index < -0.39 is 118 Å². The summed E-state index contributed by atoms with van der Waals surface area (Å²) in [7, 11) is -6.79. The number of halogens is 3. The van der Waals surface area contributed by atoms with Gasteiger partial charge in [0.25, 0.3) is 53.1 Å². The van der Waals surface area contributed by atoms with E-state index in [1.165, 1.54) is 115 Å². The maximum Gasteiger partial charge on any atom is 0.264 e. The van der Waals surface area contributed by atoms with Crippen molar-refractivity contribution in [2.45, 2.75) is 59.7 Å². The number of benzene rings is 3. The lowest BCUT2D eigenvalue weighted by molar-refractivity contribution is -0.115. The van der Waals surface area contributed by atoms with E-state index in [1.54, 1.807) is 20.8 Å². The van der Waals surface area contributed by atoms with Crippen LogP contribution in [0.4, 0.5) is 17.1 Å². The molecule has 0 saturated carbocycles. The molecule has 3 aromatic heterocycles. The Morgan fingerprint density at radius 1 is 0.394 bits per heavy atom. The molecule has 99 heavy (non-hydrogen) atoms. The summed E-state index contributed by atoms with van der Waals surface area (Å²) >= 11 is 18.6. The largest absolute Gasteiger partial charge is 0.491 e. The minimum absolute atomic E-state index is 0.00393. The van der Waals surface area contributed by atoms with Gasteiger partial charge in [-0.25, -0.2) is 40.2 Å². The second-order valence-corrected chi connectivity index (χ2v) is 29.6. The minimum atomic E-state index is -3.68. The molecule has 3 aliphatic rings. The molecule has 1 unspecified atom stereocenters. The van der Waals surface area contributed by atoms with Crippen molar-refractivity contribution < 1.29 is 96.8 Å². The van der Waals surface area contributed by atoms with Crippen molar-refractivity contribution >= 4 is 135 Å². The Hall–Kier alpha value is -9.54. The summed E-state index contributed by atoms with van der Waals surface area (Å²) < 4.78 is 106. The van der Waals surface area contributed by atoms with Crippen molar-refractivity contribution in [1.29, 1.82) is 0 Å². The molecule has 0 saturated heterocycles. The highest BCUT2D eigenvalue weighted by atomic mass is 35.5. The van der Waals surface area contributed by atoms with Crippen LogP contribution in [0.15, 0.2) is 72.8 Å². The number of rotatable bonds is 24. The molecule has 0 radical (unpaired) electrons. The van der Waals surface area contributed by atoms with Crippen LogP contribution in [-0.2, 0) is 43.9 Å². The van der Waals surface area contributed by atoms with Crippen molar-refractivity contribution in [3.63, 3.8) is 0 Å². The van der Waals surface area contributed by atoms with Crippen molar-refractivity contribution in [3.8, 4) is 34.9 Å². The van der Waals surface area contributed by atoms with Gasteiger partial charge in [0.05, 0.1) is 159 Å². The van der Waals surface area contributed by atoms with Crippen molar-refractivity contribution in [2.75, 3.05) is 93.1 Å². The minimum Gasteiger partial charge on any atom is -0.491 e. The highest BCUT2D eigenvalue weighted by molar-refractivity contribution is 7.91. The molecule has 9 amide bonds. The Morgan fingerprint density at radius 3 is 0.808 bits per heavy atom. The van der Waals surface area contributed by atoms with Crippen molar-refractivity contribution in [3.05, 3.63) is 138 Å². The molecule has 3 atom stereocenters.